The maximum absolute atomic E-state index is 12.6. The summed E-state index contributed by atoms with van der Waals surface area (Å²) in [5.41, 5.74) is 1.44. The molecular formula is C10H11F2N. The molecule has 0 aliphatic heterocycles. The second-order valence-corrected chi connectivity index (χ2v) is 3.47. The lowest BCUT2D eigenvalue weighted by Crippen LogP contribution is -1.98. The fraction of sp³-hybridized carbons (Fsp3) is 0.500. The van der Waals surface area contributed by atoms with Crippen molar-refractivity contribution in [1.82, 2.24) is 4.98 Å². The third-order valence-corrected chi connectivity index (χ3v) is 2.46. The van der Waals surface area contributed by atoms with Crippen LogP contribution in [0.2, 0.25) is 0 Å². The van der Waals surface area contributed by atoms with Crippen molar-refractivity contribution in [1.29, 1.82) is 0 Å². The van der Waals surface area contributed by atoms with Crippen molar-refractivity contribution in [2.24, 2.45) is 0 Å². The number of aryl methyl sites for hydroxylation is 1. The highest BCUT2D eigenvalue weighted by Crippen LogP contribution is 2.44. The number of rotatable bonds is 2. The minimum atomic E-state index is -2.38. The zero-order valence-electron chi connectivity index (χ0n) is 7.43. The van der Waals surface area contributed by atoms with Gasteiger partial charge in [0.05, 0.1) is 0 Å². The average molecular weight is 183 g/mol. The number of pyridine rings is 1. The molecule has 2 rings (SSSR count). The van der Waals surface area contributed by atoms with E-state index < -0.39 is 6.43 Å². The topological polar surface area (TPSA) is 12.9 Å². The smallest absolute Gasteiger partial charge is 0.261 e. The van der Waals surface area contributed by atoms with E-state index in [0.29, 0.717) is 11.6 Å². The maximum atomic E-state index is 12.6. The quantitative estimate of drug-likeness (QED) is 0.686. The summed E-state index contributed by atoms with van der Waals surface area (Å²) in [6, 6.07) is 1.73. The Balaban J connectivity index is 2.47. The molecule has 1 fully saturated rings. The summed E-state index contributed by atoms with van der Waals surface area (Å²) in [7, 11) is 0. The molecule has 1 aliphatic carbocycles. The second kappa shape index (κ2) is 3.05. The first-order valence-electron chi connectivity index (χ1n) is 4.43. The molecule has 3 heteroatoms. The maximum Gasteiger partial charge on any atom is 0.265 e. The van der Waals surface area contributed by atoms with Gasteiger partial charge >= 0.3 is 0 Å². The summed E-state index contributed by atoms with van der Waals surface area (Å²) in [5, 5.41) is 0. The zero-order chi connectivity index (χ0) is 9.42. The van der Waals surface area contributed by atoms with Gasteiger partial charge in [-0.15, -0.1) is 0 Å². The highest BCUT2D eigenvalue weighted by Gasteiger charge is 2.29. The van der Waals surface area contributed by atoms with Crippen molar-refractivity contribution < 1.29 is 8.78 Å². The van der Waals surface area contributed by atoms with Gasteiger partial charge in [-0.1, -0.05) is 0 Å². The molecule has 1 aromatic rings. The van der Waals surface area contributed by atoms with E-state index in [1.165, 1.54) is 0 Å². The van der Waals surface area contributed by atoms with Gasteiger partial charge < -0.3 is 0 Å². The molecule has 0 amide bonds. The molecular weight excluding hydrogens is 172 g/mol. The highest BCUT2D eigenvalue weighted by atomic mass is 19.3. The van der Waals surface area contributed by atoms with Crippen LogP contribution in [0.5, 0.6) is 0 Å². The van der Waals surface area contributed by atoms with E-state index in [4.69, 9.17) is 0 Å². The Morgan fingerprint density at radius 3 is 2.69 bits per heavy atom. The molecule has 0 saturated heterocycles. The molecule has 1 heterocycles. The minimum Gasteiger partial charge on any atom is -0.261 e. The van der Waals surface area contributed by atoms with Crippen LogP contribution in [0.15, 0.2) is 12.3 Å². The van der Waals surface area contributed by atoms with E-state index >= 15 is 0 Å². The zero-order valence-corrected chi connectivity index (χ0v) is 7.43. The van der Waals surface area contributed by atoms with E-state index in [2.05, 4.69) is 4.98 Å². The highest BCUT2D eigenvalue weighted by molar-refractivity contribution is 5.35. The average Bonchev–Trinajstić information content (AvgIpc) is 2.85. The SMILES string of the molecule is Cc1nccc(C2CC2)c1C(F)F. The number of hydrogen-bond donors (Lipinski definition) is 0. The third-order valence-electron chi connectivity index (χ3n) is 2.46. The van der Waals surface area contributed by atoms with E-state index in [-0.39, 0.29) is 5.56 Å². The van der Waals surface area contributed by atoms with Gasteiger partial charge in [0.15, 0.2) is 0 Å². The molecule has 13 heavy (non-hydrogen) atoms. The van der Waals surface area contributed by atoms with Crippen molar-refractivity contribution in [3.05, 3.63) is 29.1 Å². The lowest BCUT2D eigenvalue weighted by Gasteiger charge is -2.09. The van der Waals surface area contributed by atoms with Gasteiger partial charge in [0, 0.05) is 17.5 Å². The van der Waals surface area contributed by atoms with Gasteiger partial charge in [-0.3, -0.25) is 4.98 Å². The Morgan fingerprint density at radius 2 is 2.15 bits per heavy atom. The van der Waals surface area contributed by atoms with Gasteiger partial charge in [-0.25, -0.2) is 8.78 Å². The van der Waals surface area contributed by atoms with Gasteiger partial charge in [-0.2, -0.15) is 0 Å². The van der Waals surface area contributed by atoms with E-state index in [9.17, 15) is 8.78 Å². The van der Waals surface area contributed by atoms with Crippen LogP contribution >= 0.6 is 0 Å². The molecule has 1 nitrogen and oxygen atoms in total. The summed E-state index contributed by atoms with van der Waals surface area (Å²) in [6.07, 6.45) is 1.32. The third kappa shape index (κ3) is 1.55. The number of aromatic nitrogens is 1. The molecule has 70 valence electrons. The summed E-state index contributed by atoms with van der Waals surface area (Å²) in [6.45, 7) is 1.65. The fourth-order valence-electron chi connectivity index (χ4n) is 1.63. The molecule has 0 bridgehead atoms. The fourth-order valence-corrected chi connectivity index (χ4v) is 1.63. The standard InChI is InChI=1S/C10H11F2N/c1-6-9(10(11)12)8(4-5-13-6)7-2-3-7/h4-5,7,10H,2-3H2,1H3. The summed E-state index contributed by atoms with van der Waals surface area (Å²) in [4.78, 5) is 3.89. The predicted molar refractivity (Wildman–Crippen MR) is 45.9 cm³/mol. The van der Waals surface area contributed by atoms with Crippen molar-refractivity contribution in [3.8, 4) is 0 Å². The van der Waals surface area contributed by atoms with Crippen LogP contribution in [0.3, 0.4) is 0 Å². The number of nitrogens with zero attached hydrogens (tertiary/aromatic N) is 1. The van der Waals surface area contributed by atoms with E-state index in [1.807, 2.05) is 0 Å². The molecule has 1 aliphatic rings. The van der Waals surface area contributed by atoms with Gasteiger partial charge in [0.25, 0.3) is 6.43 Å². The van der Waals surface area contributed by atoms with Crippen LogP contribution in [-0.4, -0.2) is 4.98 Å². The Labute approximate surface area is 75.8 Å². The van der Waals surface area contributed by atoms with E-state index in [1.54, 1.807) is 19.2 Å². The first-order chi connectivity index (χ1) is 6.20. The Kier molecular flexibility index (Phi) is 2.02. The summed E-state index contributed by atoms with van der Waals surface area (Å²) >= 11 is 0. The van der Waals surface area contributed by atoms with Crippen LogP contribution in [0.1, 0.15) is 42.0 Å². The molecule has 1 aromatic heterocycles. The van der Waals surface area contributed by atoms with Crippen molar-refractivity contribution in [2.75, 3.05) is 0 Å². The Hall–Kier alpha value is -0.990. The van der Waals surface area contributed by atoms with E-state index in [0.717, 1.165) is 18.4 Å². The van der Waals surface area contributed by atoms with Crippen LogP contribution in [0.25, 0.3) is 0 Å². The number of halogens is 2. The molecule has 0 N–H and O–H groups in total. The van der Waals surface area contributed by atoms with Crippen LogP contribution < -0.4 is 0 Å². The molecule has 0 unspecified atom stereocenters. The monoisotopic (exact) mass is 183 g/mol. The lowest BCUT2D eigenvalue weighted by atomic mass is 10.0. The normalized spacial score (nSPS) is 16.6. The second-order valence-electron chi connectivity index (χ2n) is 3.47. The van der Waals surface area contributed by atoms with Crippen molar-refractivity contribution >= 4 is 0 Å². The molecule has 0 atom stereocenters. The van der Waals surface area contributed by atoms with Crippen molar-refractivity contribution in [2.45, 2.75) is 32.1 Å². The number of hydrogen-bond acceptors (Lipinski definition) is 1. The predicted octanol–water partition coefficient (Wildman–Crippen LogP) is 3.21. The molecule has 1 saturated carbocycles. The lowest BCUT2D eigenvalue weighted by molar-refractivity contribution is 0.149. The number of alkyl halides is 2. The Bertz CT molecular complexity index is 319. The molecule has 0 radical (unpaired) electrons. The first kappa shape index (κ1) is 8.60. The van der Waals surface area contributed by atoms with Gasteiger partial charge in [0.1, 0.15) is 0 Å². The van der Waals surface area contributed by atoms with Crippen molar-refractivity contribution in [3.63, 3.8) is 0 Å². The Morgan fingerprint density at radius 1 is 1.46 bits per heavy atom. The van der Waals surface area contributed by atoms with Gasteiger partial charge in [-0.05, 0) is 37.3 Å². The van der Waals surface area contributed by atoms with Gasteiger partial charge in [0.2, 0.25) is 0 Å². The van der Waals surface area contributed by atoms with Crippen LogP contribution in [0.4, 0.5) is 8.78 Å². The van der Waals surface area contributed by atoms with Crippen LogP contribution in [-0.2, 0) is 0 Å². The summed E-state index contributed by atoms with van der Waals surface area (Å²) < 4.78 is 25.3. The molecule has 0 aromatic carbocycles. The first-order valence-corrected chi connectivity index (χ1v) is 4.43. The largest absolute Gasteiger partial charge is 0.265 e. The summed E-state index contributed by atoms with van der Waals surface area (Å²) in [5.74, 6) is 0.366. The van der Waals surface area contributed by atoms with Crippen LogP contribution in [0, 0.1) is 6.92 Å². The molecule has 0 spiro atoms. The minimum absolute atomic E-state index is 0.157.